The summed E-state index contributed by atoms with van der Waals surface area (Å²) in [6, 6.07) is 0. The number of hydrogen-bond acceptors (Lipinski definition) is 6. The van der Waals surface area contributed by atoms with E-state index in [1.807, 2.05) is 0 Å². The largest absolute Gasteiger partial charge is 0.736 e. The topological polar surface area (TPSA) is 114 Å². The van der Waals surface area contributed by atoms with Crippen LogP contribution in [-0.4, -0.2) is 25.9 Å². The Morgan fingerprint density at radius 3 is 0.889 bits per heavy atom. The van der Waals surface area contributed by atoms with E-state index in [4.69, 9.17) is 0 Å². The average Bonchev–Trinajstić information content (AvgIpc) is 1.25. The molecule has 0 atom stereocenters. The van der Waals surface area contributed by atoms with Crippen molar-refractivity contribution in [1.29, 1.82) is 0 Å². The first-order chi connectivity index (χ1) is 3.25. The van der Waals surface area contributed by atoms with Gasteiger partial charge < -0.3 is 9.11 Å². The van der Waals surface area contributed by atoms with Gasteiger partial charge in [-0.15, -0.1) is 0 Å². The zero-order valence-corrected chi connectivity index (χ0v) is 6.68. The second-order valence-electron chi connectivity index (χ2n) is 0.816. The van der Waals surface area contributed by atoms with E-state index in [1.165, 1.54) is 0 Å². The van der Waals surface area contributed by atoms with Gasteiger partial charge >= 0.3 is 0 Å². The van der Waals surface area contributed by atoms with Crippen molar-refractivity contribution in [2.75, 3.05) is 0 Å². The summed E-state index contributed by atoms with van der Waals surface area (Å²) in [4.78, 5) is 0. The maximum atomic E-state index is 9.20. The van der Waals surface area contributed by atoms with Gasteiger partial charge in [0, 0.05) is 22.4 Å². The molecule has 0 unspecified atom stereocenters. The Balaban J connectivity index is 0. The van der Waals surface area contributed by atoms with E-state index in [0.29, 0.717) is 0 Å². The molecule has 0 heterocycles. The smallest absolute Gasteiger partial charge is 0.191 e. The first-order valence-electron chi connectivity index (χ1n) is 1.17. The fourth-order valence-electron chi connectivity index (χ4n) is 0. The molecular weight excluding hydrogens is 268 g/mol. The summed E-state index contributed by atoms with van der Waals surface area (Å²) in [7, 11) is -11.3. The predicted octanol–water partition coefficient (Wildman–Crippen LogP) is -2.01. The SMILES string of the molecule is O=S(=O)([O-])S(=O)(=O)[O-].[Ag]. The molecule has 9 heteroatoms. The molecule has 0 aromatic carbocycles. The fraction of sp³-hybridized carbons (Fsp3) is 0. The van der Waals surface area contributed by atoms with Crippen LogP contribution in [-0.2, 0) is 40.7 Å². The molecule has 9 heavy (non-hydrogen) atoms. The zero-order valence-electron chi connectivity index (χ0n) is 3.57. The molecule has 0 aromatic rings. The summed E-state index contributed by atoms with van der Waals surface area (Å²) in [5.74, 6) is 0. The molecule has 1 radical (unpaired) electrons. The van der Waals surface area contributed by atoms with Crippen LogP contribution in [0.15, 0.2) is 0 Å². The van der Waals surface area contributed by atoms with Gasteiger partial charge in [0.15, 0.2) is 18.3 Å². The summed E-state index contributed by atoms with van der Waals surface area (Å²) in [5, 5.41) is 0. The molecule has 0 aromatic heterocycles. The molecule has 0 saturated heterocycles. The van der Waals surface area contributed by atoms with Crippen molar-refractivity contribution < 1.29 is 48.3 Å². The van der Waals surface area contributed by atoms with Crippen LogP contribution in [0.5, 0.6) is 0 Å². The van der Waals surface area contributed by atoms with Crippen LogP contribution >= 0.6 is 0 Å². The molecule has 0 bridgehead atoms. The van der Waals surface area contributed by atoms with E-state index in [2.05, 4.69) is 0 Å². The van der Waals surface area contributed by atoms with Gasteiger partial charge in [0.2, 0.25) is 0 Å². The van der Waals surface area contributed by atoms with Crippen LogP contribution in [0.3, 0.4) is 0 Å². The van der Waals surface area contributed by atoms with Crippen LogP contribution in [0.25, 0.3) is 0 Å². The average molecular weight is 268 g/mol. The number of hydrogen-bond donors (Lipinski definition) is 0. The van der Waals surface area contributed by atoms with Crippen molar-refractivity contribution in [2.45, 2.75) is 0 Å². The maximum absolute atomic E-state index is 9.20. The minimum atomic E-state index is -5.67. The van der Waals surface area contributed by atoms with Crippen LogP contribution in [0.2, 0.25) is 0 Å². The molecule has 0 aliphatic carbocycles. The van der Waals surface area contributed by atoms with E-state index in [9.17, 15) is 25.9 Å². The van der Waals surface area contributed by atoms with Gasteiger partial charge in [-0.05, 0) is 0 Å². The van der Waals surface area contributed by atoms with E-state index in [0.717, 1.165) is 0 Å². The standard InChI is InChI=1S/Ag.H2O6S2/c;1-7(2,3)8(4,5)6/h;(H,1,2,3)(H,4,5,6)/p-2. The first-order valence-corrected chi connectivity index (χ1v) is 4.50. The van der Waals surface area contributed by atoms with Crippen molar-refractivity contribution in [3.63, 3.8) is 0 Å². The third-order valence-electron chi connectivity index (χ3n) is 0.250. The third kappa shape index (κ3) is 4.03. The summed E-state index contributed by atoms with van der Waals surface area (Å²) >= 11 is 0. The van der Waals surface area contributed by atoms with Gasteiger partial charge in [-0.25, -0.2) is 16.8 Å². The van der Waals surface area contributed by atoms with Crippen LogP contribution < -0.4 is 0 Å². The maximum Gasteiger partial charge on any atom is 0.191 e. The quantitative estimate of drug-likeness (QED) is 0.308. The molecule has 61 valence electrons. The Kier molecular flexibility index (Phi) is 4.22. The fourth-order valence-corrected chi connectivity index (χ4v) is 0. The molecule has 0 aliphatic heterocycles. The van der Waals surface area contributed by atoms with Gasteiger partial charge in [-0.2, -0.15) is 0 Å². The van der Waals surface area contributed by atoms with E-state index >= 15 is 0 Å². The van der Waals surface area contributed by atoms with Gasteiger partial charge in [-0.1, -0.05) is 0 Å². The van der Waals surface area contributed by atoms with E-state index in [-0.39, 0.29) is 22.4 Å². The van der Waals surface area contributed by atoms with Gasteiger partial charge in [0.25, 0.3) is 0 Å². The normalized spacial score (nSPS) is 12.2. The summed E-state index contributed by atoms with van der Waals surface area (Å²) in [5.41, 5.74) is 0. The molecule has 0 spiro atoms. The number of rotatable bonds is 1. The first kappa shape index (κ1) is 12.3. The van der Waals surface area contributed by atoms with E-state index in [1.54, 1.807) is 0 Å². The zero-order chi connectivity index (χ0) is 7.00. The molecule has 6 nitrogen and oxygen atoms in total. The molecule has 0 fully saturated rings. The molecule has 0 aliphatic rings. The van der Waals surface area contributed by atoms with Crippen LogP contribution in [0, 0.1) is 0 Å². The van der Waals surface area contributed by atoms with Gasteiger partial charge in [0.05, 0.1) is 0 Å². The second-order valence-corrected chi connectivity index (χ2v) is 4.90. The Morgan fingerprint density at radius 2 is 0.889 bits per heavy atom. The Morgan fingerprint density at radius 1 is 0.778 bits per heavy atom. The van der Waals surface area contributed by atoms with Crippen molar-refractivity contribution in [3.05, 3.63) is 0 Å². The van der Waals surface area contributed by atoms with Crippen molar-refractivity contribution in [1.82, 2.24) is 0 Å². The van der Waals surface area contributed by atoms with Crippen LogP contribution in [0.1, 0.15) is 0 Å². The third-order valence-corrected chi connectivity index (χ3v) is 2.25. The molecular formula is AgO6S2-2. The predicted molar refractivity (Wildman–Crippen MR) is 19.4 cm³/mol. The summed E-state index contributed by atoms with van der Waals surface area (Å²) in [6.45, 7) is 0. The summed E-state index contributed by atoms with van der Waals surface area (Å²) in [6.07, 6.45) is 0. The van der Waals surface area contributed by atoms with Crippen molar-refractivity contribution in [3.8, 4) is 0 Å². The molecule has 0 saturated carbocycles. The van der Waals surface area contributed by atoms with Crippen molar-refractivity contribution in [2.24, 2.45) is 0 Å². The minimum Gasteiger partial charge on any atom is -0.736 e. The minimum absolute atomic E-state index is 0. The summed E-state index contributed by atoms with van der Waals surface area (Å²) < 4.78 is 55.2. The Bertz CT molecular complexity index is 223. The monoisotopic (exact) mass is 267 g/mol. The second kappa shape index (κ2) is 3.10. The molecule has 0 amide bonds. The van der Waals surface area contributed by atoms with E-state index < -0.39 is 18.3 Å². The molecule has 0 rings (SSSR count). The van der Waals surface area contributed by atoms with Crippen LogP contribution in [0.4, 0.5) is 0 Å². The molecule has 0 N–H and O–H groups in total. The van der Waals surface area contributed by atoms with Gasteiger partial charge in [0.1, 0.15) is 0 Å². The van der Waals surface area contributed by atoms with Gasteiger partial charge in [-0.3, -0.25) is 0 Å². The Labute approximate surface area is 66.7 Å². The Hall–Kier alpha value is 0.560. The van der Waals surface area contributed by atoms with Crippen molar-refractivity contribution >= 4 is 18.3 Å².